The van der Waals surface area contributed by atoms with Crippen LogP contribution >= 0.6 is 11.3 Å². The molecule has 1 amide bonds. The van der Waals surface area contributed by atoms with Gasteiger partial charge in [-0.3, -0.25) is 14.5 Å². The number of carbonyl (C=O) groups is 2. The maximum absolute atomic E-state index is 13.5. The van der Waals surface area contributed by atoms with Gasteiger partial charge in [0.15, 0.2) is 5.78 Å². The Morgan fingerprint density at radius 3 is 2.52 bits per heavy atom. The molecule has 7 heteroatoms. The Morgan fingerprint density at radius 1 is 1.04 bits per heavy atom. The lowest BCUT2D eigenvalue weighted by molar-refractivity contribution is -0.137. The topological polar surface area (TPSA) is 37.4 Å². The number of benzene rings is 1. The molecule has 1 atom stereocenters. The van der Waals surface area contributed by atoms with Crippen LogP contribution in [0.3, 0.4) is 0 Å². The number of Topliss-reactive ketones (excluding diaryl/α,β-unsaturated/α-hetero) is 1. The fourth-order valence-electron chi connectivity index (χ4n) is 3.91. The van der Waals surface area contributed by atoms with E-state index in [9.17, 15) is 22.8 Å². The number of alkyl halides is 3. The quantitative estimate of drug-likeness (QED) is 0.697. The first kappa shape index (κ1) is 18.0. The van der Waals surface area contributed by atoms with Crippen molar-refractivity contribution in [1.82, 2.24) is 0 Å². The zero-order chi connectivity index (χ0) is 19.2. The van der Waals surface area contributed by atoms with Crippen LogP contribution < -0.4 is 4.90 Å². The lowest BCUT2D eigenvalue weighted by Crippen LogP contribution is -2.41. The minimum absolute atomic E-state index is 0.00270. The van der Waals surface area contributed by atoms with Crippen LogP contribution in [0, 0.1) is 0 Å². The molecular weight excluding hydrogens is 375 g/mol. The fourth-order valence-corrected chi connectivity index (χ4v) is 4.75. The Labute approximate surface area is 158 Å². The largest absolute Gasteiger partial charge is 0.418 e. The van der Waals surface area contributed by atoms with Gasteiger partial charge in [-0.05, 0) is 36.4 Å². The number of ketones is 1. The van der Waals surface area contributed by atoms with Gasteiger partial charge in [0.1, 0.15) is 0 Å². The predicted molar refractivity (Wildman–Crippen MR) is 96.5 cm³/mol. The first-order chi connectivity index (χ1) is 12.9. The summed E-state index contributed by atoms with van der Waals surface area (Å²) in [6.07, 6.45) is -3.27. The molecule has 27 heavy (non-hydrogen) atoms. The summed E-state index contributed by atoms with van der Waals surface area (Å²) in [5.74, 6) is -0.843. The van der Waals surface area contributed by atoms with Crippen LogP contribution in [0.4, 0.5) is 18.9 Å². The summed E-state index contributed by atoms with van der Waals surface area (Å²) in [5.41, 5.74) is -0.127. The molecule has 4 rings (SSSR count). The van der Waals surface area contributed by atoms with Crippen molar-refractivity contribution in [3.8, 4) is 0 Å². The number of carbonyl (C=O) groups excluding carboxylic acids is 2. The van der Waals surface area contributed by atoms with E-state index in [1.807, 2.05) is 17.5 Å². The maximum atomic E-state index is 13.5. The number of para-hydroxylation sites is 1. The second-order valence-corrected chi connectivity index (χ2v) is 7.63. The molecule has 140 valence electrons. The Morgan fingerprint density at radius 2 is 1.81 bits per heavy atom. The molecule has 2 aromatic rings. The summed E-state index contributed by atoms with van der Waals surface area (Å²) in [5, 5.41) is 1.87. The van der Waals surface area contributed by atoms with Crippen LogP contribution in [0.1, 0.15) is 42.0 Å². The van der Waals surface area contributed by atoms with Crippen molar-refractivity contribution in [3.63, 3.8) is 0 Å². The molecule has 1 aromatic carbocycles. The second-order valence-electron chi connectivity index (χ2n) is 6.65. The lowest BCUT2D eigenvalue weighted by Gasteiger charge is -2.38. The Hall–Kier alpha value is -2.41. The van der Waals surface area contributed by atoms with Gasteiger partial charge in [-0.2, -0.15) is 13.2 Å². The van der Waals surface area contributed by atoms with Crippen molar-refractivity contribution in [2.24, 2.45) is 0 Å². The van der Waals surface area contributed by atoms with Gasteiger partial charge < -0.3 is 0 Å². The van der Waals surface area contributed by atoms with E-state index >= 15 is 0 Å². The molecule has 0 N–H and O–H groups in total. The van der Waals surface area contributed by atoms with Gasteiger partial charge in [0.05, 0.1) is 11.3 Å². The molecule has 0 saturated heterocycles. The molecule has 1 unspecified atom stereocenters. The number of nitrogens with zero attached hydrogens (tertiary/aromatic N) is 1. The van der Waals surface area contributed by atoms with Crippen LogP contribution in [0.2, 0.25) is 0 Å². The maximum Gasteiger partial charge on any atom is 0.418 e. The number of rotatable bonds is 2. The Kier molecular flexibility index (Phi) is 4.42. The number of hydrogen-bond donors (Lipinski definition) is 0. The molecule has 0 radical (unpaired) electrons. The molecular formula is C20H16F3NO2S. The normalized spacial score (nSPS) is 20.9. The van der Waals surface area contributed by atoms with E-state index in [4.69, 9.17) is 0 Å². The molecule has 0 bridgehead atoms. The SMILES string of the molecule is O=C1CCCC2=C1C(c1cccs1)CC(=O)N2c1ccccc1C(F)(F)F. The first-order valence-corrected chi connectivity index (χ1v) is 9.54. The van der Waals surface area contributed by atoms with E-state index < -0.39 is 17.6 Å². The van der Waals surface area contributed by atoms with Gasteiger partial charge in [0.2, 0.25) is 5.91 Å². The summed E-state index contributed by atoms with van der Waals surface area (Å²) < 4.78 is 40.5. The molecule has 3 nitrogen and oxygen atoms in total. The Bertz CT molecular complexity index is 931. The highest BCUT2D eigenvalue weighted by molar-refractivity contribution is 7.10. The summed E-state index contributed by atoms with van der Waals surface area (Å²) in [6, 6.07) is 8.77. The van der Waals surface area contributed by atoms with Crippen molar-refractivity contribution in [1.29, 1.82) is 0 Å². The molecule has 2 aliphatic rings. The monoisotopic (exact) mass is 391 g/mol. The zero-order valence-corrected chi connectivity index (χ0v) is 15.1. The second kappa shape index (κ2) is 6.64. The van der Waals surface area contributed by atoms with Crippen LogP contribution in [0.15, 0.2) is 53.0 Å². The average Bonchev–Trinajstić information content (AvgIpc) is 3.15. The first-order valence-electron chi connectivity index (χ1n) is 8.66. The highest BCUT2D eigenvalue weighted by Gasteiger charge is 2.43. The molecule has 0 spiro atoms. The molecule has 1 aliphatic heterocycles. The third-order valence-electron chi connectivity index (χ3n) is 5.01. The number of halogens is 3. The number of anilines is 1. The van der Waals surface area contributed by atoms with E-state index in [1.165, 1.54) is 29.5 Å². The molecule has 0 saturated carbocycles. The highest BCUT2D eigenvalue weighted by atomic mass is 32.1. The van der Waals surface area contributed by atoms with Crippen molar-refractivity contribution < 1.29 is 22.8 Å². The minimum atomic E-state index is -4.58. The van der Waals surface area contributed by atoms with Gasteiger partial charge in [0, 0.05) is 34.9 Å². The smallest absolute Gasteiger partial charge is 0.294 e. The van der Waals surface area contributed by atoms with Crippen molar-refractivity contribution in [2.45, 2.75) is 37.8 Å². The van der Waals surface area contributed by atoms with E-state index in [-0.39, 0.29) is 23.8 Å². The summed E-state index contributed by atoms with van der Waals surface area (Å²) >= 11 is 1.46. The van der Waals surface area contributed by atoms with Gasteiger partial charge in [-0.15, -0.1) is 11.3 Å². The van der Waals surface area contributed by atoms with Crippen LogP contribution in [-0.4, -0.2) is 11.7 Å². The van der Waals surface area contributed by atoms with E-state index in [2.05, 4.69) is 0 Å². The van der Waals surface area contributed by atoms with Crippen molar-refractivity contribution in [2.75, 3.05) is 4.90 Å². The lowest BCUT2D eigenvalue weighted by atomic mass is 9.79. The van der Waals surface area contributed by atoms with Crippen LogP contribution in [0.25, 0.3) is 0 Å². The number of allylic oxidation sites excluding steroid dienone is 2. The fraction of sp³-hybridized carbons (Fsp3) is 0.300. The van der Waals surface area contributed by atoms with Gasteiger partial charge in [-0.25, -0.2) is 0 Å². The highest BCUT2D eigenvalue weighted by Crippen LogP contribution is 2.46. The molecule has 2 heterocycles. The van der Waals surface area contributed by atoms with Gasteiger partial charge >= 0.3 is 6.18 Å². The number of thiophene rings is 1. The molecule has 0 fully saturated rings. The third-order valence-corrected chi connectivity index (χ3v) is 6.00. The number of amides is 1. The van der Waals surface area contributed by atoms with Crippen molar-refractivity contribution in [3.05, 3.63) is 63.5 Å². The molecule has 1 aliphatic carbocycles. The van der Waals surface area contributed by atoms with E-state index in [0.717, 1.165) is 15.8 Å². The van der Waals surface area contributed by atoms with Gasteiger partial charge in [-0.1, -0.05) is 18.2 Å². The standard InChI is InChI=1S/C20H16F3NO2S/c21-20(22,23)13-5-1-2-6-14(13)24-15-7-3-8-16(25)19(15)12(11-18(24)26)17-9-4-10-27-17/h1-2,4-6,9-10,12H,3,7-8,11H2. The van der Waals surface area contributed by atoms with E-state index in [1.54, 1.807) is 0 Å². The number of hydrogen-bond acceptors (Lipinski definition) is 3. The molecule has 1 aromatic heterocycles. The summed E-state index contributed by atoms with van der Waals surface area (Å²) in [6.45, 7) is 0. The summed E-state index contributed by atoms with van der Waals surface area (Å²) in [7, 11) is 0. The average molecular weight is 391 g/mol. The van der Waals surface area contributed by atoms with E-state index in [0.29, 0.717) is 30.5 Å². The third kappa shape index (κ3) is 3.10. The summed E-state index contributed by atoms with van der Waals surface area (Å²) in [4.78, 5) is 27.7. The zero-order valence-electron chi connectivity index (χ0n) is 14.3. The van der Waals surface area contributed by atoms with Crippen molar-refractivity contribution >= 4 is 28.7 Å². The Balaban J connectivity index is 1.91. The van der Waals surface area contributed by atoms with Gasteiger partial charge in [0.25, 0.3) is 0 Å². The van der Waals surface area contributed by atoms with Crippen LogP contribution in [-0.2, 0) is 15.8 Å². The minimum Gasteiger partial charge on any atom is -0.294 e. The van der Waals surface area contributed by atoms with Crippen LogP contribution in [0.5, 0.6) is 0 Å². The predicted octanol–water partition coefficient (Wildman–Crippen LogP) is 5.29.